The van der Waals surface area contributed by atoms with Gasteiger partial charge in [-0.15, -0.1) is 0 Å². The Kier molecular flexibility index (Phi) is 9.62. The number of nitrogens with zero attached hydrogens (tertiary/aromatic N) is 5. The molecule has 3 aromatic rings. The third-order valence-electron chi connectivity index (χ3n) is 7.50. The van der Waals surface area contributed by atoms with Crippen LogP contribution in [-0.4, -0.2) is 84.5 Å². The molecule has 10 heteroatoms. The van der Waals surface area contributed by atoms with Crippen molar-refractivity contribution in [3.63, 3.8) is 0 Å². The van der Waals surface area contributed by atoms with Crippen molar-refractivity contribution in [3.8, 4) is 28.8 Å². The van der Waals surface area contributed by atoms with E-state index >= 15 is 0 Å². The maximum absolute atomic E-state index is 14.5. The number of hydrogen-bond donors (Lipinski definition) is 1. The summed E-state index contributed by atoms with van der Waals surface area (Å²) in [4.78, 5) is 13.7. The first kappa shape index (κ1) is 28.7. The van der Waals surface area contributed by atoms with Crippen molar-refractivity contribution in [1.29, 1.82) is 5.26 Å². The predicted molar refractivity (Wildman–Crippen MR) is 155 cm³/mol. The van der Waals surface area contributed by atoms with Crippen molar-refractivity contribution in [2.75, 3.05) is 57.9 Å². The fraction of sp³-hybridized carbons (Fsp3) is 0.452. The molecule has 0 saturated carbocycles. The second-order valence-corrected chi connectivity index (χ2v) is 10.6. The Balaban J connectivity index is 1.20. The Morgan fingerprint density at radius 1 is 1.07 bits per heavy atom. The zero-order valence-electron chi connectivity index (χ0n) is 23.7. The first-order valence-electron chi connectivity index (χ1n) is 14.3. The molecule has 0 spiro atoms. The lowest BCUT2D eigenvalue weighted by Gasteiger charge is -2.36. The molecule has 0 unspecified atom stereocenters. The largest absolute Gasteiger partial charge is 0.489 e. The highest BCUT2D eigenvalue weighted by Crippen LogP contribution is 2.29. The van der Waals surface area contributed by atoms with Crippen LogP contribution >= 0.6 is 0 Å². The van der Waals surface area contributed by atoms with Crippen LogP contribution in [0.25, 0.3) is 11.3 Å². The van der Waals surface area contributed by atoms with E-state index in [1.165, 1.54) is 6.07 Å². The summed E-state index contributed by atoms with van der Waals surface area (Å²) in [5.41, 5.74) is 2.47. The Morgan fingerprint density at radius 3 is 2.63 bits per heavy atom. The standard InChI is InChI=1S/C31H37FN6O3/c1-22(2)38-13-11-37(12-14-38)15-18-40-30-20-25(4-5-27(30)32)35-31-34-10-7-28(36-31)23-3-6-29(24(19-23)21-33)41-26-8-16-39-17-9-26/h3-7,10,19-20,22,26H,8-9,11-18H2,1-2H3,(H,34,35,36). The topological polar surface area (TPSA) is 95.8 Å². The van der Waals surface area contributed by atoms with Gasteiger partial charge < -0.3 is 19.5 Å². The molecule has 2 aromatic carbocycles. The van der Waals surface area contributed by atoms with Gasteiger partial charge in [0.15, 0.2) is 11.6 Å². The van der Waals surface area contributed by atoms with Gasteiger partial charge in [0.1, 0.15) is 24.5 Å². The average Bonchev–Trinajstić information content (AvgIpc) is 3.00. The second kappa shape index (κ2) is 13.7. The second-order valence-electron chi connectivity index (χ2n) is 10.6. The van der Waals surface area contributed by atoms with E-state index in [-0.39, 0.29) is 11.9 Å². The number of anilines is 2. The van der Waals surface area contributed by atoms with Crippen LogP contribution in [0.1, 0.15) is 32.3 Å². The molecule has 0 radical (unpaired) electrons. The summed E-state index contributed by atoms with van der Waals surface area (Å²) in [5, 5.41) is 12.9. The van der Waals surface area contributed by atoms with Gasteiger partial charge in [0.2, 0.25) is 5.95 Å². The van der Waals surface area contributed by atoms with Crippen LogP contribution in [0, 0.1) is 17.1 Å². The summed E-state index contributed by atoms with van der Waals surface area (Å²) in [6.07, 6.45) is 3.30. The SMILES string of the molecule is CC(C)N1CCN(CCOc2cc(Nc3nccc(-c4ccc(OC5CCOCC5)c(C#N)c4)n3)ccc2F)CC1. The molecule has 41 heavy (non-hydrogen) atoms. The molecule has 2 saturated heterocycles. The van der Waals surface area contributed by atoms with Crippen LogP contribution in [-0.2, 0) is 4.74 Å². The monoisotopic (exact) mass is 560 g/mol. The zero-order valence-corrected chi connectivity index (χ0v) is 23.7. The van der Waals surface area contributed by atoms with Crippen molar-refractivity contribution in [3.05, 3.63) is 60.0 Å². The van der Waals surface area contributed by atoms with E-state index in [0.717, 1.165) is 51.1 Å². The summed E-state index contributed by atoms with van der Waals surface area (Å²) in [6, 6.07) is 14.7. The van der Waals surface area contributed by atoms with Crippen molar-refractivity contribution in [2.24, 2.45) is 0 Å². The summed E-state index contributed by atoms with van der Waals surface area (Å²) >= 11 is 0. The van der Waals surface area contributed by atoms with Crippen molar-refractivity contribution in [2.45, 2.75) is 38.8 Å². The van der Waals surface area contributed by atoms with Crippen LogP contribution in [0.15, 0.2) is 48.7 Å². The zero-order chi connectivity index (χ0) is 28.6. The molecular formula is C31H37FN6O3. The molecule has 5 rings (SSSR count). The number of piperazine rings is 1. The van der Waals surface area contributed by atoms with E-state index in [0.29, 0.717) is 54.5 Å². The average molecular weight is 561 g/mol. The molecule has 3 heterocycles. The third-order valence-corrected chi connectivity index (χ3v) is 7.50. The summed E-state index contributed by atoms with van der Waals surface area (Å²) < 4.78 is 31.8. The lowest BCUT2D eigenvalue weighted by atomic mass is 10.1. The number of halogens is 1. The molecule has 1 N–H and O–H groups in total. The summed E-state index contributed by atoms with van der Waals surface area (Å²) in [5.74, 6) is 0.684. The van der Waals surface area contributed by atoms with Gasteiger partial charge >= 0.3 is 0 Å². The molecule has 2 fully saturated rings. The number of aromatic nitrogens is 2. The highest BCUT2D eigenvalue weighted by Gasteiger charge is 2.19. The van der Waals surface area contributed by atoms with Crippen LogP contribution < -0.4 is 14.8 Å². The summed E-state index contributed by atoms with van der Waals surface area (Å²) in [7, 11) is 0. The fourth-order valence-corrected chi connectivity index (χ4v) is 5.04. The van der Waals surface area contributed by atoms with Crippen LogP contribution in [0.4, 0.5) is 16.0 Å². The molecule has 9 nitrogen and oxygen atoms in total. The van der Waals surface area contributed by atoms with Crippen molar-refractivity contribution >= 4 is 11.6 Å². The minimum atomic E-state index is -0.415. The molecule has 1 aromatic heterocycles. The van der Waals surface area contributed by atoms with E-state index < -0.39 is 5.82 Å². The number of rotatable bonds is 10. The lowest BCUT2D eigenvalue weighted by Crippen LogP contribution is -2.49. The van der Waals surface area contributed by atoms with Gasteiger partial charge in [-0.3, -0.25) is 9.80 Å². The third kappa shape index (κ3) is 7.70. The van der Waals surface area contributed by atoms with Gasteiger partial charge in [-0.2, -0.15) is 5.26 Å². The molecule has 0 amide bonds. The van der Waals surface area contributed by atoms with E-state index in [9.17, 15) is 9.65 Å². The smallest absolute Gasteiger partial charge is 0.227 e. The Bertz CT molecular complexity index is 1350. The quantitative estimate of drug-likeness (QED) is 0.373. The van der Waals surface area contributed by atoms with Crippen molar-refractivity contribution in [1.82, 2.24) is 19.8 Å². The molecule has 0 aliphatic carbocycles. The summed E-state index contributed by atoms with van der Waals surface area (Å²) in [6.45, 7) is 11.0. The Labute approximate surface area is 240 Å². The number of hydrogen-bond acceptors (Lipinski definition) is 9. The fourth-order valence-electron chi connectivity index (χ4n) is 5.04. The molecule has 2 aliphatic rings. The molecule has 0 bridgehead atoms. The van der Waals surface area contributed by atoms with Gasteiger partial charge in [-0.05, 0) is 50.2 Å². The molecule has 0 atom stereocenters. The molecule has 2 aliphatic heterocycles. The molecular weight excluding hydrogens is 523 g/mol. The minimum Gasteiger partial charge on any atom is -0.489 e. The van der Waals surface area contributed by atoms with E-state index in [4.69, 9.17) is 14.2 Å². The maximum Gasteiger partial charge on any atom is 0.227 e. The Hall–Kier alpha value is -3.78. The highest BCUT2D eigenvalue weighted by molar-refractivity contribution is 5.66. The van der Waals surface area contributed by atoms with Gasteiger partial charge in [0.25, 0.3) is 0 Å². The normalized spacial score (nSPS) is 16.9. The Morgan fingerprint density at radius 2 is 1.88 bits per heavy atom. The van der Waals surface area contributed by atoms with Crippen LogP contribution in [0.2, 0.25) is 0 Å². The van der Waals surface area contributed by atoms with Gasteiger partial charge in [0, 0.05) is 75.1 Å². The van der Waals surface area contributed by atoms with E-state index in [1.54, 1.807) is 30.5 Å². The number of nitriles is 1. The van der Waals surface area contributed by atoms with Crippen LogP contribution in [0.3, 0.4) is 0 Å². The number of ether oxygens (including phenoxy) is 3. The van der Waals surface area contributed by atoms with E-state index in [1.807, 2.05) is 12.1 Å². The van der Waals surface area contributed by atoms with Gasteiger partial charge in [-0.25, -0.2) is 14.4 Å². The van der Waals surface area contributed by atoms with Crippen LogP contribution in [0.5, 0.6) is 11.5 Å². The number of benzene rings is 2. The highest BCUT2D eigenvalue weighted by atomic mass is 19.1. The maximum atomic E-state index is 14.5. The minimum absolute atomic E-state index is 0.0431. The predicted octanol–water partition coefficient (Wildman–Crippen LogP) is 4.86. The lowest BCUT2D eigenvalue weighted by molar-refractivity contribution is 0.0254. The number of nitrogens with one attached hydrogen (secondary N) is 1. The van der Waals surface area contributed by atoms with E-state index in [2.05, 4.69) is 45.0 Å². The first-order valence-corrected chi connectivity index (χ1v) is 14.3. The first-order chi connectivity index (χ1) is 20.0. The van der Waals surface area contributed by atoms with Gasteiger partial charge in [0.05, 0.1) is 24.5 Å². The molecule has 216 valence electrons. The van der Waals surface area contributed by atoms with Gasteiger partial charge in [-0.1, -0.05) is 0 Å². The van der Waals surface area contributed by atoms with Crippen molar-refractivity contribution < 1.29 is 18.6 Å².